The zero-order chi connectivity index (χ0) is 11.5. The van der Waals surface area contributed by atoms with Gasteiger partial charge in [0.1, 0.15) is 5.00 Å². The molecule has 0 fully saturated rings. The maximum Gasteiger partial charge on any atom is 0.309 e. The predicted octanol–water partition coefficient (Wildman–Crippen LogP) is 2.22. The van der Waals surface area contributed by atoms with Gasteiger partial charge in [0.15, 0.2) is 0 Å². The van der Waals surface area contributed by atoms with Crippen molar-refractivity contribution in [3.8, 4) is 0 Å². The Bertz CT molecular complexity index is 389. The van der Waals surface area contributed by atoms with Crippen LogP contribution in [-0.2, 0) is 22.4 Å². The molecule has 0 radical (unpaired) electrons. The van der Waals surface area contributed by atoms with Crippen LogP contribution in [0.15, 0.2) is 6.07 Å². The minimum absolute atomic E-state index is 0.0161. The van der Waals surface area contributed by atoms with Crippen molar-refractivity contribution < 1.29 is 14.7 Å². The first-order valence-electron chi connectivity index (χ1n) is 5.43. The van der Waals surface area contributed by atoms with Gasteiger partial charge in [-0.25, -0.2) is 0 Å². The van der Waals surface area contributed by atoms with E-state index in [1.165, 1.54) is 21.8 Å². The molecule has 4 nitrogen and oxygen atoms in total. The number of thiophene rings is 1. The Labute approximate surface area is 98.2 Å². The average Bonchev–Trinajstić information content (AvgIpc) is 2.70. The van der Waals surface area contributed by atoms with E-state index < -0.39 is 0 Å². The average molecular weight is 241 g/mol. The number of hydrogen-bond acceptors (Lipinski definition) is 5. The normalized spacial score (nSPS) is 19.0. The van der Waals surface area contributed by atoms with Gasteiger partial charge in [0.25, 0.3) is 0 Å². The summed E-state index contributed by atoms with van der Waals surface area (Å²) in [5.41, 5.74) is 3.39. The summed E-state index contributed by atoms with van der Waals surface area (Å²) in [7, 11) is 0. The standard InChI is InChI=1S/C11H15NO3S/c1-2-15-11(13)8-4-3-7-6-10(12-14)16-9(7)5-8/h6,8,12,14H,2-5H2,1H3. The van der Waals surface area contributed by atoms with E-state index in [1.54, 1.807) is 0 Å². The molecule has 88 valence electrons. The monoisotopic (exact) mass is 241 g/mol. The molecule has 0 bridgehead atoms. The van der Waals surface area contributed by atoms with Crippen molar-refractivity contribution in [3.63, 3.8) is 0 Å². The molecule has 1 aromatic heterocycles. The molecule has 1 aliphatic rings. The molecule has 5 heteroatoms. The van der Waals surface area contributed by atoms with Crippen LogP contribution >= 0.6 is 11.3 Å². The molecule has 2 N–H and O–H groups in total. The van der Waals surface area contributed by atoms with Crippen LogP contribution in [0, 0.1) is 5.92 Å². The molecule has 0 aromatic carbocycles. The van der Waals surface area contributed by atoms with Gasteiger partial charge in [-0.3, -0.25) is 15.5 Å². The summed E-state index contributed by atoms with van der Waals surface area (Å²) in [6, 6.07) is 1.95. The van der Waals surface area contributed by atoms with Crippen molar-refractivity contribution in [1.29, 1.82) is 0 Å². The Balaban J connectivity index is 2.08. The topological polar surface area (TPSA) is 58.6 Å². The summed E-state index contributed by atoms with van der Waals surface area (Å²) in [6.45, 7) is 2.27. The smallest absolute Gasteiger partial charge is 0.309 e. The molecule has 0 amide bonds. The van der Waals surface area contributed by atoms with Gasteiger partial charge in [0.2, 0.25) is 0 Å². The molecule has 0 saturated carbocycles. The van der Waals surface area contributed by atoms with Crippen molar-refractivity contribution >= 4 is 22.3 Å². The van der Waals surface area contributed by atoms with Crippen LogP contribution in [0.2, 0.25) is 0 Å². The van der Waals surface area contributed by atoms with E-state index in [-0.39, 0.29) is 11.9 Å². The van der Waals surface area contributed by atoms with Crippen LogP contribution in [0.3, 0.4) is 0 Å². The molecular formula is C11H15NO3S. The lowest BCUT2D eigenvalue weighted by Gasteiger charge is -2.19. The molecule has 1 heterocycles. The maximum atomic E-state index is 11.6. The first-order chi connectivity index (χ1) is 7.74. The minimum Gasteiger partial charge on any atom is -0.466 e. The Hall–Kier alpha value is -1.07. The quantitative estimate of drug-likeness (QED) is 0.629. The van der Waals surface area contributed by atoms with Crippen LogP contribution in [0.1, 0.15) is 23.8 Å². The number of fused-ring (bicyclic) bond motifs is 1. The van der Waals surface area contributed by atoms with Crippen LogP contribution in [0.5, 0.6) is 0 Å². The number of carbonyl (C=O) groups is 1. The fourth-order valence-corrected chi connectivity index (χ4v) is 3.11. The van der Waals surface area contributed by atoms with Gasteiger partial charge in [-0.15, -0.1) is 11.3 Å². The van der Waals surface area contributed by atoms with Crippen molar-refractivity contribution in [2.75, 3.05) is 12.1 Å². The number of carbonyl (C=O) groups excluding carboxylic acids is 1. The number of anilines is 1. The summed E-state index contributed by atoms with van der Waals surface area (Å²) in [5, 5.41) is 9.56. The fraction of sp³-hybridized carbons (Fsp3) is 0.545. The molecule has 16 heavy (non-hydrogen) atoms. The molecule has 0 spiro atoms. The molecule has 1 aromatic rings. The third-order valence-corrected chi connectivity index (χ3v) is 3.92. The van der Waals surface area contributed by atoms with Gasteiger partial charge in [-0.2, -0.15) is 0 Å². The summed E-state index contributed by atoms with van der Waals surface area (Å²) < 4.78 is 5.03. The minimum atomic E-state index is -0.0972. The van der Waals surface area contributed by atoms with Gasteiger partial charge in [-0.1, -0.05) is 0 Å². The van der Waals surface area contributed by atoms with Crippen LogP contribution in [0.25, 0.3) is 0 Å². The third-order valence-electron chi connectivity index (χ3n) is 2.82. The number of esters is 1. The number of hydrogen-bond donors (Lipinski definition) is 2. The molecule has 0 aliphatic heterocycles. The van der Waals surface area contributed by atoms with Gasteiger partial charge in [-0.05, 0) is 37.8 Å². The second kappa shape index (κ2) is 4.84. The highest BCUT2D eigenvalue weighted by Crippen LogP contribution is 2.35. The SMILES string of the molecule is CCOC(=O)C1CCc2cc(NO)sc2C1. The first kappa shape index (κ1) is 11.4. The zero-order valence-corrected chi connectivity index (χ0v) is 9.97. The largest absolute Gasteiger partial charge is 0.466 e. The van der Waals surface area contributed by atoms with Crippen LogP contribution < -0.4 is 5.48 Å². The van der Waals surface area contributed by atoms with E-state index in [0.29, 0.717) is 6.61 Å². The summed E-state index contributed by atoms with van der Waals surface area (Å²) >= 11 is 1.51. The van der Waals surface area contributed by atoms with Crippen molar-refractivity contribution in [2.45, 2.75) is 26.2 Å². The second-order valence-corrected chi connectivity index (χ2v) is 5.00. The predicted molar refractivity (Wildman–Crippen MR) is 61.9 cm³/mol. The maximum absolute atomic E-state index is 11.6. The lowest BCUT2D eigenvalue weighted by molar-refractivity contribution is -0.148. The zero-order valence-electron chi connectivity index (χ0n) is 9.16. The van der Waals surface area contributed by atoms with Gasteiger partial charge in [0.05, 0.1) is 12.5 Å². The number of nitrogens with one attached hydrogen (secondary N) is 1. The Morgan fingerprint density at radius 3 is 3.25 bits per heavy atom. The van der Waals surface area contributed by atoms with Gasteiger partial charge >= 0.3 is 5.97 Å². The highest BCUT2D eigenvalue weighted by atomic mass is 32.1. The highest BCUT2D eigenvalue weighted by Gasteiger charge is 2.27. The Kier molecular flexibility index (Phi) is 3.46. The lowest BCUT2D eigenvalue weighted by Crippen LogP contribution is -2.23. The Morgan fingerprint density at radius 2 is 2.56 bits per heavy atom. The molecule has 0 saturated heterocycles. The third kappa shape index (κ3) is 2.20. The van der Waals surface area contributed by atoms with Crippen LogP contribution in [0.4, 0.5) is 5.00 Å². The van der Waals surface area contributed by atoms with Crippen molar-refractivity contribution in [2.24, 2.45) is 5.92 Å². The molecule has 1 unspecified atom stereocenters. The van der Waals surface area contributed by atoms with Crippen LogP contribution in [-0.4, -0.2) is 17.8 Å². The number of rotatable bonds is 3. The van der Waals surface area contributed by atoms with Gasteiger partial charge < -0.3 is 4.74 Å². The van der Waals surface area contributed by atoms with Crippen molar-refractivity contribution in [3.05, 3.63) is 16.5 Å². The summed E-state index contributed by atoms with van der Waals surface area (Å²) in [5.74, 6) is -0.113. The Morgan fingerprint density at radius 1 is 1.75 bits per heavy atom. The highest BCUT2D eigenvalue weighted by molar-refractivity contribution is 7.16. The molecule has 2 rings (SSSR count). The molecular weight excluding hydrogens is 226 g/mol. The number of ether oxygens (including phenoxy) is 1. The first-order valence-corrected chi connectivity index (χ1v) is 6.24. The van der Waals surface area contributed by atoms with Crippen molar-refractivity contribution in [1.82, 2.24) is 0 Å². The molecule has 1 atom stereocenters. The second-order valence-electron chi connectivity index (χ2n) is 3.86. The fourth-order valence-electron chi connectivity index (χ4n) is 2.02. The van der Waals surface area contributed by atoms with E-state index in [1.807, 2.05) is 13.0 Å². The van der Waals surface area contributed by atoms with E-state index in [9.17, 15) is 4.79 Å². The summed E-state index contributed by atoms with van der Waals surface area (Å²) in [4.78, 5) is 12.8. The van der Waals surface area contributed by atoms with E-state index in [4.69, 9.17) is 9.94 Å². The summed E-state index contributed by atoms with van der Waals surface area (Å²) in [6.07, 6.45) is 2.46. The van der Waals surface area contributed by atoms with E-state index in [2.05, 4.69) is 5.48 Å². The van der Waals surface area contributed by atoms with E-state index >= 15 is 0 Å². The van der Waals surface area contributed by atoms with E-state index in [0.717, 1.165) is 24.3 Å². The van der Waals surface area contributed by atoms with Gasteiger partial charge in [0, 0.05) is 4.88 Å². The molecule has 1 aliphatic carbocycles. The number of aryl methyl sites for hydroxylation is 1. The lowest BCUT2D eigenvalue weighted by atomic mass is 9.89.